The molecule has 1 amide bonds. The van der Waals surface area contributed by atoms with Crippen molar-refractivity contribution < 1.29 is 9.21 Å². The van der Waals surface area contributed by atoms with Gasteiger partial charge in [0.05, 0.1) is 5.69 Å². The van der Waals surface area contributed by atoms with Crippen LogP contribution in [0.5, 0.6) is 0 Å². The number of carbonyl (C=O) groups excluding carboxylic acids is 1. The van der Waals surface area contributed by atoms with Crippen molar-refractivity contribution in [2.75, 3.05) is 27.2 Å². The molecule has 24 heavy (non-hydrogen) atoms. The molecule has 1 aliphatic heterocycles. The second kappa shape index (κ2) is 7.49. The molecule has 3 rings (SSSR count). The lowest BCUT2D eigenvalue weighted by atomic mass is 9.95. The van der Waals surface area contributed by atoms with Gasteiger partial charge in [-0.2, -0.15) is 0 Å². The Morgan fingerprint density at radius 2 is 1.96 bits per heavy atom. The fourth-order valence-corrected chi connectivity index (χ4v) is 3.30. The van der Waals surface area contributed by atoms with Crippen LogP contribution in [0.25, 0.3) is 11.5 Å². The molecule has 0 spiro atoms. The van der Waals surface area contributed by atoms with Crippen LogP contribution in [0, 0.1) is 5.92 Å². The van der Waals surface area contributed by atoms with Gasteiger partial charge < -0.3 is 9.32 Å². The zero-order valence-electron chi connectivity index (χ0n) is 14.0. The molecule has 2 aromatic rings. The van der Waals surface area contributed by atoms with Crippen LogP contribution < -0.4 is 0 Å². The number of aromatic nitrogens is 1. The van der Waals surface area contributed by atoms with Crippen molar-refractivity contribution in [1.29, 1.82) is 0 Å². The van der Waals surface area contributed by atoms with E-state index in [0.717, 1.165) is 48.2 Å². The van der Waals surface area contributed by atoms with Crippen LogP contribution in [0.1, 0.15) is 18.5 Å². The lowest BCUT2D eigenvalue weighted by molar-refractivity contribution is -0.134. The molecule has 5 nitrogen and oxygen atoms in total. The summed E-state index contributed by atoms with van der Waals surface area (Å²) in [7, 11) is 3.65. The number of likely N-dealkylation sites (tertiary alicyclic amines) is 1. The highest BCUT2D eigenvalue weighted by atomic mass is 79.9. The van der Waals surface area contributed by atoms with Crippen LogP contribution in [-0.2, 0) is 11.3 Å². The quantitative estimate of drug-likeness (QED) is 0.800. The van der Waals surface area contributed by atoms with Crippen LogP contribution in [-0.4, -0.2) is 47.9 Å². The summed E-state index contributed by atoms with van der Waals surface area (Å²) in [6.45, 7) is 2.61. The molecule has 0 radical (unpaired) electrons. The number of piperidine rings is 1. The monoisotopic (exact) mass is 391 g/mol. The van der Waals surface area contributed by atoms with Crippen molar-refractivity contribution in [3.05, 3.63) is 40.7 Å². The highest BCUT2D eigenvalue weighted by Gasteiger charge is 2.26. The van der Waals surface area contributed by atoms with E-state index in [1.165, 1.54) is 0 Å². The predicted molar refractivity (Wildman–Crippen MR) is 96.3 cm³/mol. The molecule has 0 unspecified atom stereocenters. The first-order chi connectivity index (χ1) is 11.5. The molecule has 1 saturated heterocycles. The predicted octanol–water partition coefficient (Wildman–Crippen LogP) is 3.40. The summed E-state index contributed by atoms with van der Waals surface area (Å²) < 4.78 is 6.64. The van der Waals surface area contributed by atoms with Crippen molar-refractivity contribution in [2.45, 2.75) is 19.4 Å². The van der Waals surface area contributed by atoms with Gasteiger partial charge in [0.1, 0.15) is 6.26 Å². The Hall–Kier alpha value is -1.66. The number of amides is 1. The molecule has 128 valence electrons. The van der Waals surface area contributed by atoms with Gasteiger partial charge in [0.25, 0.3) is 0 Å². The maximum Gasteiger partial charge on any atom is 0.226 e. The molecule has 6 heteroatoms. The highest BCUT2D eigenvalue weighted by Crippen LogP contribution is 2.23. The topological polar surface area (TPSA) is 49.6 Å². The van der Waals surface area contributed by atoms with Gasteiger partial charge in [-0.1, -0.05) is 15.9 Å². The molecule has 1 fully saturated rings. The number of rotatable bonds is 4. The van der Waals surface area contributed by atoms with Gasteiger partial charge in [-0.05, 0) is 50.2 Å². The summed E-state index contributed by atoms with van der Waals surface area (Å²) in [5.41, 5.74) is 1.91. The van der Waals surface area contributed by atoms with Gasteiger partial charge in [0, 0.05) is 36.6 Å². The average Bonchev–Trinajstić information content (AvgIpc) is 3.04. The summed E-state index contributed by atoms with van der Waals surface area (Å²) in [5.74, 6) is 1.05. The highest BCUT2D eigenvalue weighted by molar-refractivity contribution is 9.10. The summed E-state index contributed by atoms with van der Waals surface area (Å²) in [6.07, 6.45) is 3.55. The lowest BCUT2D eigenvalue weighted by Crippen LogP contribution is -2.39. The molecule has 0 saturated carbocycles. The van der Waals surface area contributed by atoms with Crippen LogP contribution in [0.15, 0.2) is 39.4 Å². The molecule has 2 heterocycles. The minimum absolute atomic E-state index is 0.159. The number of hydrogen-bond donors (Lipinski definition) is 0. The Balaban J connectivity index is 1.56. The van der Waals surface area contributed by atoms with Gasteiger partial charge in [-0.3, -0.25) is 9.69 Å². The number of halogens is 1. The minimum atomic E-state index is 0.159. The van der Waals surface area contributed by atoms with E-state index in [1.807, 2.05) is 38.4 Å². The number of oxazole rings is 1. The molecular weight excluding hydrogens is 370 g/mol. The van der Waals surface area contributed by atoms with E-state index < -0.39 is 0 Å². The molecule has 0 bridgehead atoms. The second-order valence-electron chi connectivity index (χ2n) is 6.43. The van der Waals surface area contributed by atoms with Crippen LogP contribution >= 0.6 is 15.9 Å². The molecule has 0 aliphatic carbocycles. The Kier molecular flexibility index (Phi) is 5.36. The van der Waals surface area contributed by atoms with Crippen molar-refractivity contribution in [3.63, 3.8) is 0 Å². The largest absolute Gasteiger partial charge is 0.444 e. The van der Waals surface area contributed by atoms with E-state index in [2.05, 4.69) is 25.8 Å². The van der Waals surface area contributed by atoms with Crippen molar-refractivity contribution in [2.24, 2.45) is 5.92 Å². The van der Waals surface area contributed by atoms with Crippen LogP contribution in [0.4, 0.5) is 0 Å². The van der Waals surface area contributed by atoms with E-state index in [4.69, 9.17) is 4.42 Å². The molecule has 1 aromatic heterocycles. The first-order valence-electron chi connectivity index (χ1n) is 8.17. The molecular formula is C18H22BrN3O2. The Labute approximate surface area is 150 Å². The third kappa shape index (κ3) is 4.05. The van der Waals surface area contributed by atoms with E-state index >= 15 is 0 Å². The molecule has 0 N–H and O–H groups in total. The Morgan fingerprint density at radius 3 is 2.58 bits per heavy atom. The second-order valence-corrected chi connectivity index (χ2v) is 7.35. The molecule has 1 aromatic carbocycles. The van der Waals surface area contributed by atoms with Gasteiger partial charge >= 0.3 is 0 Å². The number of benzene rings is 1. The SMILES string of the molecule is CN(C)C(=O)C1CCN(Cc2coc(-c3ccc(Br)cc3)n2)CC1. The minimum Gasteiger partial charge on any atom is -0.444 e. The Bertz CT molecular complexity index is 689. The first kappa shape index (κ1) is 17.2. The fraction of sp³-hybridized carbons (Fsp3) is 0.444. The van der Waals surface area contributed by atoms with E-state index in [1.54, 1.807) is 11.2 Å². The van der Waals surface area contributed by atoms with Crippen molar-refractivity contribution >= 4 is 21.8 Å². The van der Waals surface area contributed by atoms with Crippen molar-refractivity contribution in [3.8, 4) is 11.5 Å². The van der Waals surface area contributed by atoms with Crippen LogP contribution in [0.3, 0.4) is 0 Å². The van der Waals surface area contributed by atoms with Gasteiger partial charge in [-0.25, -0.2) is 4.98 Å². The Morgan fingerprint density at radius 1 is 1.29 bits per heavy atom. The maximum atomic E-state index is 12.0. The maximum absolute atomic E-state index is 12.0. The first-order valence-corrected chi connectivity index (χ1v) is 8.96. The summed E-state index contributed by atoms with van der Waals surface area (Å²) >= 11 is 3.43. The third-order valence-electron chi connectivity index (χ3n) is 4.41. The standard InChI is InChI=1S/C18H22BrN3O2/c1-21(2)18(23)14-7-9-22(10-8-14)11-16-12-24-17(20-16)13-3-5-15(19)6-4-13/h3-6,12,14H,7-11H2,1-2H3. The number of carbonyl (C=O) groups is 1. The van der Waals surface area contributed by atoms with Crippen LogP contribution in [0.2, 0.25) is 0 Å². The molecule has 0 atom stereocenters. The lowest BCUT2D eigenvalue weighted by Gasteiger charge is -2.31. The van der Waals surface area contributed by atoms with Gasteiger partial charge in [0.15, 0.2) is 0 Å². The number of hydrogen-bond acceptors (Lipinski definition) is 4. The van der Waals surface area contributed by atoms with E-state index in [9.17, 15) is 4.79 Å². The molecule has 1 aliphatic rings. The van der Waals surface area contributed by atoms with E-state index in [-0.39, 0.29) is 11.8 Å². The smallest absolute Gasteiger partial charge is 0.226 e. The van der Waals surface area contributed by atoms with E-state index in [0.29, 0.717) is 5.89 Å². The zero-order chi connectivity index (χ0) is 17.1. The zero-order valence-corrected chi connectivity index (χ0v) is 15.6. The fourth-order valence-electron chi connectivity index (χ4n) is 3.04. The summed E-state index contributed by atoms with van der Waals surface area (Å²) in [5, 5.41) is 0. The van der Waals surface area contributed by atoms with Gasteiger partial charge in [0.2, 0.25) is 11.8 Å². The normalized spacial score (nSPS) is 16.3. The average molecular weight is 392 g/mol. The van der Waals surface area contributed by atoms with Gasteiger partial charge in [-0.15, -0.1) is 0 Å². The summed E-state index contributed by atoms with van der Waals surface area (Å²) in [4.78, 5) is 20.6. The number of nitrogens with zero attached hydrogens (tertiary/aromatic N) is 3. The summed E-state index contributed by atoms with van der Waals surface area (Å²) in [6, 6.07) is 7.92. The van der Waals surface area contributed by atoms with Crippen molar-refractivity contribution in [1.82, 2.24) is 14.8 Å². The third-order valence-corrected chi connectivity index (χ3v) is 4.93.